The molecule has 2 N–H and O–H groups in total. The Balaban J connectivity index is 1.48. The average molecular weight is 680 g/mol. The molecule has 0 bridgehead atoms. The van der Waals surface area contributed by atoms with Crippen LogP contribution in [0.1, 0.15) is 109 Å². The number of benzene rings is 1. The van der Waals surface area contributed by atoms with E-state index in [-0.39, 0.29) is 54.8 Å². The van der Waals surface area contributed by atoms with Gasteiger partial charge in [-0.15, -0.1) is 0 Å². The molecule has 49 heavy (non-hydrogen) atoms. The third kappa shape index (κ3) is 10.3. The minimum atomic E-state index is -1.43. The summed E-state index contributed by atoms with van der Waals surface area (Å²) in [6.45, 7) is 6.33. The van der Waals surface area contributed by atoms with E-state index in [1.807, 2.05) is 26.8 Å². The van der Waals surface area contributed by atoms with Crippen molar-refractivity contribution in [1.29, 1.82) is 0 Å². The summed E-state index contributed by atoms with van der Waals surface area (Å²) in [4.78, 5) is 70.5. The van der Waals surface area contributed by atoms with Gasteiger partial charge < -0.3 is 25.0 Å². The maximum atomic E-state index is 14.2. The Bertz CT molecular complexity index is 1340. The number of carbonyl (C=O) groups is 5. The zero-order valence-corrected chi connectivity index (χ0v) is 30.1. The highest BCUT2D eigenvalue weighted by molar-refractivity contribution is 5.93. The van der Waals surface area contributed by atoms with Gasteiger partial charge in [-0.05, 0) is 70.3 Å². The quantitative estimate of drug-likeness (QED) is 0.372. The van der Waals surface area contributed by atoms with Crippen molar-refractivity contribution >= 4 is 29.3 Å². The van der Waals surface area contributed by atoms with Gasteiger partial charge >= 0.3 is 0 Å². The first-order chi connectivity index (χ1) is 23.3. The molecule has 3 aliphatic rings. The normalized spacial score (nSPS) is 27.8. The first kappa shape index (κ1) is 38.4. The predicted octanol–water partition coefficient (Wildman–Crippen LogP) is 4.94. The van der Waals surface area contributed by atoms with Crippen molar-refractivity contribution < 1.29 is 33.8 Å². The molecular formula is C39H57N3O7. The van der Waals surface area contributed by atoms with E-state index in [9.17, 15) is 29.1 Å². The fourth-order valence-corrected chi connectivity index (χ4v) is 7.76. The van der Waals surface area contributed by atoms with Gasteiger partial charge in [0.2, 0.25) is 17.7 Å². The van der Waals surface area contributed by atoms with Crippen LogP contribution < -0.4 is 5.32 Å². The van der Waals surface area contributed by atoms with E-state index >= 15 is 0 Å². The maximum absolute atomic E-state index is 14.2. The number of ketones is 2. The summed E-state index contributed by atoms with van der Waals surface area (Å²) in [6.07, 6.45) is 9.47. The van der Waals surface area contributed by atoms with E-state index in [2.05, 4.69) is 17.5 Å². The van der Waals surface area contributed by atoms with Gasteiger partial charge in [-0.3, -0.25) is 24.0 Å². The summed E-state index contributed by atoms with van der Waals surface area (Å²) in [5, 5.41) is 14.2. The number of amides is 3. The maximum Gasteiger partial charge on any atom is 0.249 e. The zero-order valence-electron chi connectivity index (χ0n) is 30.1. The largest absolute Gasteiger partial charge is 0.385 e. The zero-order chi connectivity index (χ0) is 35.7. The highest BCUT2D eigenvalue weighted by Gasteiger charge is 2.55. The van der Waals surface area contributed by atoms with Crippen LogP contribution in [0.3, 0.4) is 0 Å². The van der Waals surface area contributed by atoms with Gasteiger partial charge in [-0.2, -0.15) is 0 Å². The molecular weight excluding hydrogens is 622 g/mol. The first-order valence-corrected chi connectivity index (χ1v) is 18.2. The van der Waals surface area contributed by atoms with Crippen LogP contribution in [0.2, 0.25) is 0 Å². The lowest BCUT2D eigenvalue weighted by atomic mass is 9.82. The van der Waals surface area contributed by atoms with Crippen molar-refractivity contribution in [2.75, 3.05) is 20.6 Å². The predicted molar refractivity (Wildman–Crippen MR) is 187 cm³/mol. The molecule has 1 aromatic carbocycles. The van der Waals surface area contributed by atoms with Crippen molar-refractivity contribution in [1.82, 2.24) is 15.1 Å². The number of likely N-dealkylation sites (N-methyl/N-ethyl adjacent to an activating group) is 1. The van der Waals surface area contributed by atoms with E-state index in [1.165, 1.54) is 4.90 Å². The van der Waals surface area contributed by atoms with Gasteiger partial charge in [0, 0.05) is 51.7 Å². The first-order valence-electron chi connectivity index (χ1n) is 18.2. The summed E-state index contributed by atoms with van der Waals surface area (Å²) in [5.74, 6) is -2.45. The number of nitrogens with one attached hydrogen (secondary N) is 1. The van der Waals surface area contributed by atoms with Gasteiger partial charge in [-0.25, -0.2) is 0 Å². The molecule has 3 aliphatic heterocycles. The number of rotatable bonds is 8. The fraction of sp³-hybridized carbons (Fsp3) is 0.667. The molecule has 10 heteroatoms. The van der Waals surface area contributed by atoms with Gasteiger partial charge in [-0.1, -0.05) is 62.2 Å². The number of ether oxygens (including phenoxy) is 1. The Morgan fingerprint density at radius 3 is 2.31 bits per heavy atom. The topological polar surface area (TPSA) is 133 Å². The lowest BCUT2D eigenvalue weighted by molar-refractivity contribution is -0.143. The molecule has 0 aromatic heterocycles. The highest BCUT2D eigenvalue weighted by atomic mass is 16.5. The number of hydrogen-bond donors (Lipinski definition) is 2. The van der Waals surface area contributed by atoms with Crippen molar-refractivity contribution in [2.24, 2.45) is 17.8 Å². The van der Waals surface area contributed by atoms with E-state index in [0.29, 0.717) is 24.9 Å². The minimum absolute atomic E-state index is 0.0326. The number of aliphatic hydroxyl groups is 1. The number of fused-ring (bicyclic) bond motifs is 3. The summed E-state index contributed by atoms with van der Waals surface area (Å²) >= 11 is 0. The van der Waals surface area contributed by atoms with Gasteiger partial charge in [0.05, 0.1) is 17.7 Å². The monoisotopic (exact) mass is 679 g/mol. The number of hydrogen-bond acceptors (Lipinski definition) is 7. The number of Topliss-reactive ketones (excluding diaryl/α,β-unsaturated/α-hetero) is 2. The van der Waals surface area contributed by atoms with Crippen molar-refractivity contribution in [3.63, 3.8) is 0 Å². The fourth-order valence-electron chi connectivity index (χ4n) is 7.76. The van der Waals surface area contributed by atoms with Crippen LogP contribution in [-0.2, 0) is 28.7 Å². The Morgan fingerprint density at radius 1 is 1.00 bits per heavy atom. The van der Waals surface area contributed by atoms with Gasteiger partial charge in [0.25, 0.3) is 0 Å². The minimum Gasteiger partial charge on any atom is -0.385 e. The van der Waals surface area contributed by atoms with Crippen molar-refractivity contribution in [2.45, 2.75) is 128 Å². The van der Waals surface area contributed by atoms with Crippen LogP contribution in [0.25, 0.3) is 0 Å². The molecule has 3 amide bonds. The van der Waals surface area contributed by atoms with Crippen LogP contribution >= 0.6 is 0 Å². The van der Waals surface area contributed by atoms with Crippen LogP contribution in [0, 0.1) is 17.8 Å². The summed E-state index contributed by atoms with van der Waals surface area (Å²) in [6, 6.07) is 7.35. The lowest BCUT2D eigenvalue weighted by Crippen LogP contribution is -2.47. The second kappa shape index (κ2) is 17.5. The number of aliphatic hydroxyl groups excluding tert-OH is 1. The Labute approximate surface area is 292 Å². The molecule has 2 saturated heterocycles. The molecule has 270 valence electrons. The van der Waals surface area contributed by atoms with Gasteiger partial charge in [0.15, 0.2) is 11.6 Å². The Hall–Kier alpha value is -3.37. The SMILES string of the molecule is C[C@H]1CCCCC=CCCCC[C@@H](C(O)C(=O)CCC(=O)N[C@H](C(=O)N(C)C)c2ccccc2)CC(=O)C2[C@H]3CC(C)(C)OC3CN2C1=O. The van der Waals surface area contributed by atoms with E-state index in [1.54, 1.807) is 43.3 Å². The van der Waals surface area contributed by atoms with Gasteiger partial charge in [0.1, 0.15) is 12.1 Å². The van der Waals surface area contributed by atoms with Crippen molar-refractivity contribution in [3.05, 3.63) is 48.0 Å². The molecule has 2 fully saturated rings. The van der Waals surface area contributed by atoms with Crippen molar-refractivity contribution in [3.8, 4) is 0 Å². The second-order valence-corrected chi connectivity index (χ2v) is 15.1. The molecule has 0 radical (unpaired) electrons. The standard InChI is InChI=1S/C39H57N3O7/c1-26-17-13-10-8-6-7-9-11-14-20-28(23-31(44)35-29-24-39(2,3)49-32(29)25-42(35)37(26)47)36(46)30(43)21-22-33(45)40-34(38(48)41(4)5)27-18-15-12-16-19-27/h6-7,12,15-16,18-19,26,28-29,32,34-36,46H,8-11,13-14,17,20-25H2,1-5H3,(H,40,45)/t26-,28+,29-,32?,34-,35?,36?/m0/s1. The summed E-state index contributed by atoms with van der Waals surface area (Å²) < 4.78 is 6.31. The molecule has 7 atom stereocenters. The Morgan fingerprint density at radius 2 is 1.65 bits per heavy atom. The number of carbonyl (C=O) groups excluding carboxylic acids is 5. The molecule has 1 aromatic rings. The summed E-state index contributed by atoms with van der Waals surface area (Å²) in [5.41, 5.74) is 0.228. The second-order valence-electron chi connectivity index (χ2n) is 15.1. The van der Waals surface area contributed by atoms with Crippen LogP contribution in [0.15, 0.2) is 42.5 Å². The van der Waals surface area contributed by atoms with E-state index in [4.69, 9.17) is 4.74 Å². The summed E-state index contributed by atoms with van der Waals surface area (Å²) in [7, 11) is 3.22. The molecule has 10 nitrogen and oxygen atoms in total. The van der Waals surface area contributed by atoms with E-state index < -0.39 is 41.4 Å². The molecule has 4 rings (SSSR count). The third-order valence-corrected chi connectivity index (χ3v) is 10.4. The third-order valence-electron chi connectivity index (χ3n) is 10.4. The average Bonchev–Trinajstić information content (AvgIpc) is 3.56. The lowest BCUT2D eigenvalue weighted by Gasteiger charge is -2.32. The smallest absolute Gasteiger partial charge is 0.249 e. The highest BCUT2D eigenvalue weighted by Crippen LogP contribution is 2.44. The Kier molecular flexibility index (Phi) is 13.7. The molecule has 3 heterocycles. The molecule has 0 saturated carbocycles. The van der Waals surface area contributed by atoms with Crippen LogP contribution in [0.5, 0.6) is 0 Å². The number of allylic oxidation sites excluding steroid dienone is 2. The molecule has 0 spiro atoms. The molecule has 0 aliphatic carbocycles. The number of nitrogens with zero attached hydrogens (tertiary/aromatic N) is 2. The van der Waals surface area contributed by atoms with Crippen LogP contribution in [0.4, 0.5) is 0 Å². The molecule has 3 unspecified atom stereocenters. The van der Waals surface area contributed by atoms with Crippen LogP contribution in [-0.4, -0.2) is 88.7 Å². The van der Waals surface area contributed by atoms with E-state index in [0.717, 1.165) is 44.9 Å².